The molecular weight excluding hydrogens is 260 g/mol. The van der Waals surface area contributed by atoms with Crippen molar-refractivity contribution in [3.8, 4) is 0 Å². The molecule has 2 rings (SSSR count). The molecule has 1 aromatic carbocycles. The van der Waals surface area contributed by atoms with E-state index < -0.39 is 5.97 Å². The number of anilines is 2. The second-order valence-corrected chi connectivity index (χ2v) is 4.80. The van der Waals surface area contributed by atoms with Crippen LogP contribution in [0.3, 0.4) is 0 Å². The molecule has 6 nitrogen and oxygen atoms in total. The molecule has 1 saturated heterocycles. The quantitative estimate of drug-likeness (QED) is 0.624. The van der Waals surface area contributed by atoms with Crippen molar-refractivity contribution in [1.29, 1.82) is 0 Å². The van der Waals surface area contributed by atoms with Gasteiger partial charge in [-0.2, -0.15) is 0 Å². The van der Waals surface area contributed by atoms with Crippen LogP contribution in [0.5, 0.6) is 0 Å². The van der Waals surface area contributed by atoms with Crippen molar-refractivity contribution in [1.82, 2.24) is 0 Å². The predicted octanol–water partition coefficient (Wildman–Crippen LogP) is 1.27. The maximum Gasteiger partial charge on any atom is 0.340 e. The van der Waals surface area contributed by atoms with Gasteiger partial charge >= 0.3 is 5.97 Å². The fraction of sp³-hybridized carbons (Fsp3) is 0.500. The lowest BCUT2D eigenvalue weighted by Crippen LogP contribution is -2.40. The molecule has 1 fully saturated rings. The molecule has 1 heterocycles. The van der Waals surface area contributed by atoms with Gasteiger partial charge in [-0.3, -0.25) is 0 Å². The molecule has 1 aromatic rings. The summed E-state index contributed by atoms with van der Waals surface area (Å²) in [5.74, 6) is -0.422. The minimum atomic E-state index is -0.422. The Balaban J connectivity index is 2.18. The Kier molecular flexibility index (Phi) is 4.46. The number of nitrogen functional groups attached to an aromatic ring is 1. The van der Waals surface area contributed by atoms with Gasteiger partial charge in [-0.25, -0.2) is 4.79 Å². The standard InChI is InChI=1S/C14H20N2O4/c1-18-13(17)10-4-3-5-11(15)12(10)16-8-14(19-2)6-7-20-9-14/h3-5,16H,6-9,15H2,1-2H3. The topological polar surface area (TPSA) is 82.8 Å². The van der Waals surface area contributed by atoms with Crippen molar-refractivity contribution in [3.63, 3.8) is 0 Å². The Morgan fingerprint density at radius 1 is 1.50 bits per heavy atom. The highest BCUT2D eigenvalue weighted by Crippen LogP contribution is 2.28. The number of methoxy groups -OCH3 is 2. The van der Waals surface area contributed by atoms with E-state index in [9.17, 15) is 4.79 Å². The van der Waals surface area contributed by atoms with E-state index in [1.54, 1.807) is 25.3 Å². The van der Waals surface area contributed by atoms with E-state index in [0.29, 0.717) is 36.7 Å². The highest BCUT2D eigenvalue weighted by molar-refractivity contribution is 5.98. The number of ether oxygens (including phenoxy) is 3. The molecule has 3 N–H and O–H groups in total. The van der Waals surface area contributed by atoms with Crippen LogP contribution in [0.25, 0.3) is 0 Å². The number of para-hydroxylation sites is 1. The predicted molar refractivity (Wildman–Crippen MR) is 75.9 cm³/mol. The van der Waals surface area contributed by atoms with E-state index >= 15 is 0 Å². The second-order valence-electron chi connectivity index (χ2n) is 4.80. The summed E-state index contributed by atoms with van der Waals surface area (Å²) in [4.78, 5) is 11.8. The number of benzene rings is 1. The molecule has 0 spiro atoms. The normalized spacial score (nSPS) is 21.7. The van der Waals surface area contributed by atoms with Crippen LogP contribution in [0.1, 0.15) is 16.8 Å². The van der Waals surface area contributed by atoms with Crippen LogP contribution in [0.15, 0.2) is 18.2 Å². The Labute approximate surface area is 118 Å². The third kappa shape index (κ3) is 2.86. The van der Waals surface area contributed by atoms with Crippen molar-refractivity contribution >= 4 is 17.3 Å². The van der Waals surface area contributed by atoms with Gasteiger partial charge in [0.05, 0.1) is 30.7 Å². The first-order valence-corrected chi connectivity index (χ1v) is 6.45. The Morgan fingerprint density at radius 2 is 2.30 bits per heavy atom. The summed E-state index contributed by atoms with van der Waals surface area (Å²) in [5.41, 5.74) is 7.05. The lowest BCUT2D eigenvalue weighted by atomic mass is 10.0. The van der Waals surface area contributed by atoms with Crippen LogP contribution in [0.2, 0.25) is 0 Å². The fourth-order valence-electron chi connectivity index (χ4n) is 2.26. The number of carbonyl (C=O) groups is 1. The minimum absolute atomic E-state index is 0.379. The molecular formula is C14H20N2O4. The number of esters is 1. The first-order valence-electron chi connectivity index (χ1n) is 6.45. The van der Waals surface area contributed by atoms with E-state index in [-0.39, 0.29) is 5.60 Å². The average molecular weight is 280 g/mol. The molecule has 6 heteroatoms. The molecule has 0 bridgehead atoms. The summed E-state index contributed by atoms with van der Waals surface area (Å²) in [7, 11) is 3.00. The lowest BCUT2D eigenvalue weighted by molar-refractivity contribution is -0.00621. The first-order chi connectivity index (χ1) is 9.62. The molecule has 1 atom stereocenters. The average Bonchev–Trinajstić information content (AvgIpc) is 2.94. The number of hydrogen-bond acceptors (Lipinski definition) is 6. The van der Waals surface area contributed by atoms with E-state index in [1.807, 2.05) is 0 Å². The van der Waals surface area contributed by atoms with Crippen molar-refractivity contribution in [2.45, 2.75) is 12.0 Å². The first kappa shape index (κ1) is 14.6. The molecule has 110 valence electrons. The largest absolute Gasteiger partial charge is 0.465 e. The van der Waals surface area contributed by atoms with Crippen LogP contribution in [0.4, 0.5) is 11.4 Å². The summed E-state index contributed by atoms with van der Waals surface area (Å²) in [5, 5.41) is 3.20. The van der Waals surface area contributed by atoms with E-state index in [0.717, 1.165) is 6.42 Å². The molecule has 0 amide bonds. The zero-order valence-corrected chi connectivity index (χ0v) is 11.8. The van der Waals surface area contributed by atoms with Crippen molar-refractivity contribution in [2.75, 3.05) is 45.0 Å². The zero-order valence-electron chi connectivity index (χ0n) is 11.8. The summed E-state index contributed by atoms with van der Waals surface area (Å²) >= 11 is 0. The number of nitrogens with one attached hydrogen (secondary N) is 1. The van der Waals surface area contributed by atoms with Crippen LogP contribution in [-0.2, 0) is 14.2 Å². The van der Waals surface area contributed by atoms with E-state index in [1.165, 1.54) is 7.11 Å². The maximum atomic E-state index is 11.8. The highest BCUT2D eigenvalue weighted by Gasteiger charge is 2.35. The van der Waals surface area contributed by atoms with Gasteiger partial charge in [-0.05, 0) is 12.1 Å². The monoisotopic (exact) mass is 280 g/mol. The van der Waals surface area contributed by atoms with Crippen LogP contribution >= 0.6 is 0 Å². The molecule has 0 aliphatic carbocycles. The van der Waals surface area contributed by atoms with Gasteiger partial charge in [-0.1, -0.05) is 6.07 Å². The van der Waals surface area contributed by atoms with Crippen LogP contribution in [-0.4, -0.2) is 45.5 Å². The molecule has 0 aromatic heterocycles. The molecule has 1 aliphatic rings. The number of carbonyl (C=O) groups excluding carboxylic acids is 1. The van der Waals surface area contributed by atoms with Gasteiger partial charge in [0.2, 0.25) is 0 Å². The molecule has 1 unspecified atom stereocenters. The van der Waals surface area contributed by atoms with Gasteiger partial charge in [0, 0.05) is 26.7 Å². The van der Waals surface area contributed by atoms with Crippen molar-refractivity contribution in [3.05, 3.63) is 23.8 Å². The second kappa shape index (κ2) is 6.11. The van der Waals surface area contributed by atoms with Gasteiger partial charge in [-0.15, -0.1) is 0 Å². The number of rotatable bonds is 5. The summed E-state index contributed by atoms with van der Waals surface area (Å²) < 4.78 is 15.7. The van der Waals surface area contributed by atoms with Crippen molar-refractivity contribution < 1.29 is 19.0 Å². The molecule has 0 saturated carbocycles. The Morgan fingerprint density at radius 3 is 2.90 bits per heavy atom. The third-order valence-electron chi connectivity index (χ3n) is 3.59. The third-order valence-corrected chi connectivity index (χ3v) is 3.59. The maximum absolute atomic E-state index is 11.8. The smallest absolute Gasteiger partial charge is 0.340 e. The molecule has 20 heavy (non-hydrogen) atoms. The van der Waals surface area contributed by atoms with Gasteiger partial charge in [0.15, 0.2) is 0 Å². The Bertz CT molecular complexity index is 484. The van der Waals surface area contributed by atoms with Crippen molar-refractivity contribution in [2.24, 2.45) is 0 Å². The number of nitrogens with two attached hydrogens (primary N) is 1. The molecule has 1 aliphatic heterocycles. The van der Waals surface area contributed by atoms with Gasteiger partial charge in [0.1, 0.15) is 5.60 Å². The van der Waals surface area contributed by atoms with Crippen LogP contribution in [0, 0.1) is 0 Å². The van der Waals surface area contributed by atoms with Crippen LogP contribution < -0.4 is 11.1 Å². The van der Waals surface area contributed by atoms with E-state index in [4.69, 9.17) is 19.9 Å². The Hall–Kier alpha value is -1.79. The fourth-order valence-corrected chi connectivity index (χ4v) is 2.26. The SMILES string of the molecule is COC(=O)c1cccc(N)c1NCC1(OC)CCOC1. The van der Waals surface area contributed by atoms with Gasteiger partial charge < -0.3 is 25.3 Å². The number of hydrogen-bond donors (Lipinski definition) is 2. The zero-order chi connectivity index (χ0) is 14.6. The lowest BCUT2D eigenvalue weighted by Gasteiger charge is -2.27. The molecule has 0 radical (unpaired) electrons. The summed E-state index contributed by atoms with van der Waals surface area (Å²) in [6, 6.07) is 5.13. The minimum Gasteiger partial charge on any atom is -0.465 e. The van der Waals surface area contributed by atoms with Gasteiger partial charge in [0.25, 0.3) is 0 Å². The highest BCUT2D eigenvalue weighted by atomic mass is 16.5. The summed E-state index contributed by atoms with van der Waals surface area (Å²) in [6.45, 7) is 1.71. The van der Waals surface area contributed by atoms with E-state index in [2.05, 4.69) is 5.32 Å². The summed E-state index contributed by atoms with van der Waals surface area (Å²) in [6.07, 6.45) is 0.802.